The van der Waals surface area contributed by atoms with E-state index in [1.165, 1.54) is 0 Å². The molecule has 0 rings (SSSR count). The lowest BCUT2D eigenvalue weighted by Gasteiger charge is -2.44. The van der Waals surface area contributed by atoms with Crippen LogP contribution in [-0.2, 0) is 18.4 Å². The Morgan fingerprint density at radius 3 is 1.65 bits per heavy atom. The van der Waals surface area contributed by atoms with E-state index < -0.39 is 27.7 Å². The normalized spacial score (nSPS) is 16.7. The summed E-state index contributed by atoms with van der Waals surface area (Å²) in [6.45, 7) is 27.6. The van der Waals surface area contributed by atoms with Crippen molar-refractivity contribution >= 4 is 22.4 Å². The molecule has 6 heteroatoms. The van der Waals surface area contributed by atoms with Crippen molar-refractivity contribution < 1.29 is 18.4 Å². The predicted molar refractivity (Wildman–Crippen MR) is 116 cm³/mol. The number of rotatable bonds is 9. The molecule has 156 valence electrons. The summed E-state index contributed by atoms with van der Waals surface area (Å²) < 4.78 is 19.0. The highest BCUT2D eigenvalue weighted by atomic mass is 28.4. The molecule has 0 aliphatic heterocycles. The zero-order valence-electron chi connectivity index (χ0n) is 19.6. The van der Waals surface area contributed by atoms with Gasteiger partial charge in [-0.1, -0.05) is 41.5 Å². The quantitative estimate of drug-likeness (QED) is 0.467. The van der Waals surface area contributed by atoms with Gasteiger partial charge < -0.3 is 13.6 Å². The van der Waals surface area contributed by atoms with Crippen LogP contribution in [0.1, 0.15) is 55.4 Å². The fraction of sp³-hybridized carbons (Fsp3) is 0.950. The molecule has 4 nitrogen and oxygen atoms in total. The highest BCUT2D eigenvalue weighted by Crippen LogP contribution is 2.38. The average molecular weight is 405 g/mol. The number of carbonyl (C=O) groups excluding carboxylic acids is 1. The van der Waals surface area contributed by atoms with Gasteiger partial charge in [-0.15, -0.1) is 0 Å². The third kappa shape index (κ3) is 7.92. The van der Waals surface area contributed by atoms with Crippen molar-refractivity contribution in [1.82, 2.24) is 0 Å². The van der Waals surface area contributed by atoms with Gasteiger partial charge in [-0.05, 0) is 51.6 Å². The van der Waals surface area contributed by atoms with Crippen LogP contribution in [0.3, 0.4) is 0 Å². The van der Waals surface area contributed by atoms with Gasteiger partial charge in [-0.25, -0.2) is 0 Å². The molecule has 0 aliphatic carbocycles. The van der Waals surface area contributed by atoms with Crippen LogP contribution < -0.4 is 0 Å². The Morgan fingerprint density at radius 1 is 0.885 bits per heavy atom. The molecule has 0 N–H and O–H groups in total. The molecule has 0 heterocycles. The van der Waals surface area contributed by atoms with E-state index in [1.54, 1.807) is 0 Å². The number of ether oxygens (including phenoxy) is 1. The van der Waals surface area contributed by atoms with Crippen LogP contribution >= 0.6 is 0 Å². The molecule has 0 aliphatic rings. The summed E-state index contributed by atoms with van der Waals surface area (Å²) >= 11 is 0. The molecular formula is C20H44O4Si2. The van der Waals surface area contributed by atoms with E-state index in [4.69, 9.17) is 13.6 Å². The second-order valence-electron chi connectivity index (χ2n) is 11.2. The molecule has 26 heavy (non-hydrogen) atoms. The third-order valence-electron chi connectivity index (χ3n) is 4.72. The highest BCUT2D eigenvalue weighted by molar-refractivity contribution is 6.74. The summed E-state index contributed by atoms with van der Waals surface area (Å²) in [5.41, 5.74) is -1.58. The Morgan fingerprint density at radius 2 is 1.35 bits per heavy atom. The number of hydrogen-bond donors (Lipinski definition) is 0. The van der Waals surface area contributed by atoms with Crippen LogP contribution in [0.5, 0.6) is 0 Å². The molecule has 0 amide bonds. The van der Waals surface area contributed by atoms with E-state index in [9.17, 15) is 4.79 Å². The van der Waals surface area contributed by atoms with Crippen LogP contribution in [0.25, 0.3) is 0 Å². The van der Waals surface area contributed by atoms with Crippen molar-refractivity contribution in [1.29, 1.82) is 0 Å². The smallest absolute Gasteiger partial charge is 0.192 e. The zero-order chi connectivity index (χ0) is 21.2. The van der Waals surface area contributed by atoms with Gasteiger partial charge in [0.2, 0.25) is 0 Å². The first-order valence-corrected chi connectivity index (χ1v) is 16.1. The highest BCUT2D eigenvalue weighted by Gasteiger charge is 2.50. The molecule has 0 saturated carbocycles. The second kappa shape index (κ2) is 8.56. The van der Waals surface area contributed by atoms with Crippen LogP contribution in [0.4, 0.5) is 0 Å². The third-order valence-corrected chi connectivity index (χ3v) is 10.2. The van der Waals surface area contributed by atoms with E-state index >= 15 is 0 Å². The van der Waals surface area contributed by atoms with Crippen molar-refractivity contribution in [2.24, 2.45) is 5.41 Å². The van der Waals surface area contributed by atoms with Crippen molar-refractivity contribution in [2.75, 3.05) is 13.2 Å². The number of ketones is 1. The first kappa shape index (κ1) is 26.0. The minimum absolute atomic E-state index is 0.0280. The zero-order valence-corrected chi connectivity index (χ0v) is 21.6. The summed E-state index contributed by atoms with van der Waals surface area (Å²) in [5, 5.41) is 0.0710. The summed E-state index contributed by atoms with van der Waals surface area (Å²) in [7, 11) is -4.04. The fourth-order valence-electron chi connectivity index (χ4n) is 2.36. The van der Waals surface area contributed by atoms with E-state index in [0.717, 1.165) is 0 Å². The summed E-state index contributed by atoms with van der Waals surface area (Å²) in [6, 6.07) is 0. The predicted octanol–water partition coefficient (Wildman–Crippen LogP) is 5.64. The summed E-state index contributed by atoms with van der Waals surface area (Å²) in [4.78, 5) is 13.5. The molecule has 0 bridgehead atoms. The maximum Gasteiger partial charge on any atom is 0.192 e. The second-order valence-corrected chi connectivity index (χ2v) is 20.4. The Labute approximate surface area is 164 Å². The van der Waals surface area contributed by atoms with Crippen LogP contribution in [-0.4, -0.2) is 47.3 Å². The van der Waals surface area contributed by atoms with Crippen molar-refractivity contribution in [3.63, 3.8) is 0 Å². The topological polar surface area (TPSA) is 44.8 Å². The van der Waals surface area contributed by atoms with Gasteiger partial charge in [-0.3, -0.25) is 4.79 Å². The van der Waals surface area contributed by atoms with Crippen molar-refractivity contribution in [3.8, 4) is 0 Å². The lowest BCUT2D eigenvalue weighted by molar-refractivity contribution is -0.156. The number of hydrogen-bond acceptors (Lipinski definition) is 4. The Bertz CT molecular complexity index is 468. The van der Waals surface area contributed by atoms with Gasteiger partial charge in [-0.2, -0.15) is 0 Å². The minimum atomic E-state index is -2.02. The summed E-state index contributed by atoms with van der Waals surface area (Å²) in [6.07, 6.45) is 0.0280. The van der Waals surface area contributed by atoms with E-state index in [1.807, 2.05) is 34.6 Å². The Kier molecular flexibility index (Phi) is 8.55. The van der Waals surface area contributed by atoms with Crippen LogP contribution in [0, 0.1) is 5.41 Å². The van der Waals surface area contributed by atoms with Crippen LogP contribution in [0.2, 0.25) is 37.8 Å². The number of carbonyl (C=O) groups is 1. The molecule has 0 aromatic carbocycles. The fourth-order valence-corrected chi connectivity index (χ4v) is 4.77. The molecular weight excluding hydrogens is 360 g/mol. The number of Topliss-reactive ketones (excluding diaryl/α,β-unsaturated/α-hetero) is 1. The largest absolute Gasteiger partial charge is 0.413 e. The van der Waals surface area contributed by atoms with Gasteiger partial charge >= 0.3 is 0 Å². The van der Waals surface area contributed by atoms with Gasteiger partial charge in [0.15, 0.2) is 28.0 Å². The Hall–Kier alpha value is -0.0162. The monoisotopic (exact) mass is 404 g/mol. The van der Waals surface area contributed by atoms with Crippen LogP contribution in [0.15, 0.2) is 0 Å². The van der Waals surface area contributed by atoms with Gasteiger partial charge in [0.1, 0.15) is 0 Å². The molecule has 1 unspecified atom stereocenters. The summed E-state index contributed by atoms with van der Waals surface area (Å²) in [5.74, 6) is 0.0618. The molecule has 0 radical (unpaired) electrons. The maximum absolute atomic E-state index is 13.5. The molecule has 0 aromatic heterocycles. The molecule has 0 spiro atoms. The van der Waals surface area contributed by atoms with Gasteiger partial charge in [0.25, 0.3) is 0 Å². The standard InChI is InChI=1S/C20H44O4Si2/c1-16(2)22-14-20(24-25(9,10)11,17(21)18(3,4)5)15-23-26(12,13)19(6,7)8/h16H,14-15H2,1-13H3. The average Bonchev–Trinajstić information content (AvgIpc) is 2.37. The minimum Gasteiger partial charge on any atom is -0.413 e. The van der Waals surface area contributed by atoms with Gasteiger partial charge in [0.05, 0.1) is 19.3 Å². The van der Waals surface area contributed by atoms with E-state index in [0.29, 0.717) is 0 Å². The SMILES string of the molecule is CC(C)OCC(CO[Si](C)(C)C(C)(C)C)(O[Si](C)(C)C)C(=O)C(C)(C)C. The van der Waals surface area contributed by atoms with E-state index in [-0.39, 0.29) is 30.1 Å². The molecule has 0 aromatic rings. The lowest BCUT2D eigenvalue weighted by atomic mass is 9.81. The van der Waals surface area contributed by atoms with Gasteiger partial charge in [0, 0.05) is 5.41 Å². The maximum atomic E-state index is 13.5. The first-order valence-electron chi connectivity index (χ1n) is 9.74. The Balaban J connectivity index is 5.96. The molecule has 1 atom stereocenters. The van der Waals surface area contributed by atoms with Crippen molar-refractivity contribution in [3.05, 3.63) is 0 Å². The first-order chi connectivity index (χ1) is 11.2. The van der Waals surface area contributed by atoms with E-state index in [2.05, 4.69) is 53.5 Å². The molecule has 0 saturated heterocycles. The molecule has 0 fully saturated rings. The van der Waals surface area contributed by atoms with Crippen molar-refractivity contribution in [2.45, 2.75) is 105 Å². The lowest BCUT2D eigenvalue weighted by Crippen LogP contribution is -2.60.